The van der Waals surface area contributed by atoms with Crippen LogP contribution in [0.15, 0.2) is 12.1 Å². The molecule has 5 heteroatoms. The van der Waals surface area contributed by atoms with Crippen LogP contribution in [-0.4, -0.2) is 17.0 Å². The Morgan fingerprint density at radius 3 is 2.13 bits per heavy atom. The molecule has 23 heavy (non-hydrogen) atoms. The first-order valence-electron chi connectivity index (χ1n) is 7.93. The molecule has 0 fully saturated rings. The fraction of sp³-hybridized carbons (Fsp3) is 0.556. The van der Waals surface area contributed by atoms with Crippen molar-refractivity contribution in [3.8, 4) is 5.75 Å². The van der Waals surface area contributed by atoms with Crippen molar-refractivity contribution in [3.05, 3.63) is 28.3 Å². The number of benzene rings is 1. The maximum absolute atomic E-state index is 11.9. The highest BCUT2D eigenvalue weighted by Crippen LogP contribution is 2.33. The highest BCUT2D eigenvalue weighted by Gasteiger charge is 2.18. The molecule has 1 aromatic rings. The van der Waals surface area contributed by atoms with E-state index >= 15 is 0 Å². The zero-order valence-corrected chi connectivity index (χ0v) is 14.9. The average molecular weight is 341 g/mol. The number of carboxylic acid groups (broad SMARTS) is 1. The summed E-state index contributed by atoms with van der Waals surface area (Å²) in [5, 5.41) is 9.34. The summed E-state index contributed by atoms with van der Waals surface area (Å²) in [6.07, 6.45) is 1.19. The number of esters is 1. The Kier molecular flexibility index (Phi) is 7.56. The number of hydrogen-bond donors (Lipinski definition) is 1. The average Bonchev–Trinajstić information content (AvgIpc) is 2.42. The van der Waals surface area contributed by atoms with E-state index in [2.05, 4.69) is 27.7 Å². The van der Waals surface area contributed by atoms with Gasteiger partial charge in [0.1, 0.15) is 5.75 Å². The summed E-state index contributed by atoms with van der Waals surface area (Å²) in [5.74, 6) is -0.238. The van der Waals surface area contributed by atoms with Crippen molar-refractivity contribution >= 4 is 23.5 Å². The molecule has 0 spiro atoms. The van der Waals surface area contributed by atoms with E-state index in [0.717, 1.165) is 24.0 Å². The second-order valence-electron chi connectivity index (χ2n) is 6.57. The number of ether oxygens (including phenoxy) is 1. The molecule has 0 aliphatic carbocycles. The Labute approximate surface area is 142 Å². The van der Waals surface area contributed by atoms with E-state index in [-0.39, 0.29) is 12.8 Å². The molecular formula is C18H25ClO4. The summed E-state index contributed by atoms with van der Waals surface area (Å²) in [4.78, 5) is 22.4. The molecule has 0 bridgehead atoms. The minimum absolute atomic E-state index is 0.140. The Morgan fingerprint density at radius 1 is 1.04 bits per heavy atom. The summed E-state index contributed by atoms with van der Waals surface area (Å²) in [6, 6.07) is 3.44. The van der Waals surface area contributed by atoms with Gasteiger partial charge in [-0.2, -0.15) is 0 Å². The minimum Gasteiger partial charge on any atom is -0.481 e. The summed E-state index contributed by atoms with van der Waals surface area (Å²) in [7, 11) is 0. The normalized spacial score (nSPS) is 11.1. The maximum atomic E-state index is 11.9. The van der Waals surface area contributed by atoms with Gasteiger partial charge >= 0.3 is 11.9 Å². The number of rotatable bonds is 8. The predicted octanol–water partition coefficient (Wildman–Crippen LogP) is 4.51. The first-order chi connectivity index (χ1) is 10.7. The second-order valence-corrected chi connectivity index (χ2v) is 6.97. The van der Waals surface area contributed by atoms with E-state index in [0.29, 0.717) is 22.6 Å². The quantitative estimate of drug-likeness (QED) is 0.558. The zero-order valence-electron chi connectivity index (χ0n) is 14.2. The van der Waals surface area contributed by atoms with E-state index < -0.39 is 11.9 Å². The highest BCUT2D eigenvalue weighted by molar-refractivity contribution is 6.31. The summed E-state index contributed by atoms with van der Waals surface area (Å²) >= 11 is 6.35. The molecule has 0 saturated heterocycles. The Bertz CT molecular complexity index is 564. The van der Waals surface area contributed by atoms with Crippen molar-refractivity contribution in [2.45, 2.75) is 53.4 Å². The van der Waals surface area contributed by atoms with Gasteiger partial charge in [0, 0.05) is 5.02 Å². The fourth-order valence-electron chi connectivity index (χ4n) is 2.38. The molecule has 0 radical (unpaired) electrons. The first-order valence-corrected chi connectivity index (χ1v) is 8.31. The lowest BCUT2D eigenvalue weighted by Crippen LogP contribution is -2.13. The predicted molar refractivity (Wildman–Crippen MR) is 91.0 cm³/mol. The maximum Gasteiger partial charge on any atom is 0.311 e. The van der Waals surface area contributed by atoms with Gasteiger partial charge < -0.3 is 9.84 Å². The van der Waals surface area contributed by atoms with E-state index in [1.165, 1.54) is 0 Å². The molecule has 0 aliphatic rings. The van der Waals surface area contributed by atoms with Crippen molar-refractivity contribution in [2.24, 2.45) is 11.8 Å². The lowest BCUT2D eigenvalue weighted by Gasteiger charge is -2.19. The van der Waals surface area contributed by atoms with Crippen molar-refractivity contribution < 1.29 is 19.4 Å². The van der Waals surface area contributed by atoms with Crippen molar-refractivity contribution in [1.29, 1.82) is 0 Å². The monoisotopic (exact) mass is 340 g/mol. The highest BCUT2D eigenvalue weighted by atomic mass is 35.5. The van der Waals surface area contributed by atoms with Crippen LogP contribution in [0.3, 0.4) is 0 Å². The molecule has 1 rings (SSSR count). The molecule has 0 atom stereocenters. The van der Waals surface area contributed by atoms with Crippen LogP contribution in [0, 0.1) is 11.8 Å². The molecule has 0 aromatic heterocycles. The third-order valence-electron chi connectivity index (χ3n) is 3.32. The lowest BCUT2D eigenvalue weighted by atomic mass is 9.92. The van der Waals surface area contributed by atoms with Gasteiger partial charge in [-0.25, -0.2) is 0 Å². The number of hydrogen-bond acceptors (Lipinski definition) is 3. The Hall–Kier alpha value is -1.55. The summed E-state index contributed by atoms with van der Waals surface area (Å²) < 4.78 is 5.41. The van der Waals surface area contributed by atoms with Crippen LogP contribution in [0.4, 0.5) is 0 Å². The molecule has 1 aromatic carbocycles. The molecule has 128 valence electrons. The Balaban J connectivity index is 3.09. The number of carbonyl (C=O) groups is 2. The third-order valence-corrected chi connectivity index (χ3v) is 3.68. The molecule has 4 nitrogen and oxygen atoms in total. The van der Waals surface area contributed by atoms with Gasteiger partial charge in [0.15, 0.2) is 0 Å². The molecule has 1 N–H and O–H groups in total. The van der Waals surface area contributed by atoms with Crippen LogP contribution in [0.25, 0.3) is 0 Å². The topological polar surface area (TPSA) is 63.6 Å². The van der Waals surface area contributed by atoms with E-state index in [9.17, 15) is 9.59 Å². The van der Waals surface area contributed by atoms with Gasteiger partial charge in [-0.1, -0.05) is 39.3 Å². The van der Waals surface area contributed by atoms with Crippen LogP contribution in [0.5, 0.6) is 5.75 Å². The molecule has 0 unspecified atom stereocenters. The lowest BCUT2D eigenvalue weighted by molar-refractivity contribution is -0.142. The van der Waals surface area contributed by atoms with Crippen LogP contribution in [-0.2, 0) is 22.4 Å². The van der Waals surface area contributed by atoms with E-state index in [1.54, 1.807) is 12.1 Å². The minimum atomic E-state index is -1.01. The fourth-order valence-corrected chi connectivity index (χ4v) is 2.64. The Morgan fingerprint density at radius 2 is 1.61 bits per heavy atom. The van der Waals surface area contributed by atoms with Gasteiger partial charge in [-0.15, -0.1) is 0 Å². The number of halogens is 1. The summed E-state index contributed by atoms with van der Waals surface area (Å²) in [5.41, 5.74) is 1.96. The van der Waals surface area contributed by atoms with Gasteiger partial charge in [-0.05, 0) is 47.9 Å². The van der Waals surface area contributed by atoms with Gasteiger partial charge in [-0.3, -0.25) is 9.59 Å². The van der Waals surface area contributed by atoms with Crippen molar-refractivity contribution in [3.63, 3.8) is 0 Å². The smallest absolute Gasteiger partial charge is 0.311 e. The standard InChI is InChI=1S/C18H25ClO4/c1-11(2)9-13-14(10-12(3)4)16(6-5-15(13)19)23-18(22)8-7-17(20)21/h5-6,11-12H,7-10H2,1-4H3,(H,20,21). The number of aliphatic carboxylic acids is 1. The summed E-state index contributed by atoms with van der Waals surface area (Å²) in [6.45, 7) is 8.41. The third kappa shape index (κ3) is 6.61. The van der Waals surface area contributed by atoms with E-state index in [4.69, 9.17) is 21.4 Å². The first kappa shape index (κ1) is 19.5. The van der Waals surface area contributed by atoms with Crippen LogP contribution >= 0.6 is 11.6 Å². The largest absolute Gasteiger partial charge is 0.481 e. The van der Waals surface area contributed by atoms with Crippen LogP contribution in [0.1, 0.15) is 51.7 Å². The SMILES string of the molecule is CC(C)Cc1c(Cl)ccc(OC(=O)CCC(=O)O)c1CC(C)C. The molecule has 0 saturated carbocycles. The van der Waals surface area contributed by atoms with Gasteiger partial charge in [0.2, 0.25) is 0 Å². The van der Waals surface area contributed by atoms with Crippen LogP contribution in [0.2, 0.25) is 5.02 Å². The molecular weight excluding hydrogens is 316 g/mol. The van der Waals surface area contributed by atoms with Crippen LogP contribution < -0.4 is 4.74 Å². The molecule has 0 heterocycles. The van der Waals surface area contributed by atoms with Gasteiger partial charge in [0.05, 0.1) is 12.8 Å². The van der Waals surface area contributed by atoms with E-state index in [1.807, 2.05) is 0 Å². The number of carbonyl (C=O) groups excluding carboxylic acids is 1. The van der Waals surface area contributed by atoms with Gasteiger partial charge in [0.25, 0.3) is 0 Å². The van der Waals surface area contributed by atoms with Crippen molar-refractivity contribution in [1.82, 2.24) is 0 Å². The van der Waals surface area contributed by atoms with Crippen molar-refractivity contribution in [2.75, 3.05) is 0 Å². The molecule has 0 aliphatic heterocycles. The second kappa shape index (κ2) is 8.92. The zero-order chi connectivity index (χ0) is 17.6. The number of carboxylic acids is 1. The molecule has 0 amide bonds.